The van der Waals surface area contributed by atoms with Gasteiger partial charge >= 0.3 is 0 Å². The Hall–Kier alpha value is -6.24. The van der Waals surface area contributed by atoms with Gasteiger partial charge in [-0.2, -0.15) is 0 Å². The summed E-state index contributed by atoms with van der Waals surface area (Å²) in [5.41, 5.74) is 16.7. The highest BCUT2D eigenvalue weighted by Gasteiger charge is 2.61. The first-order valence-electron chi connectivity index (χ1n) is 21.6. The first kappa shape index (κ1) is 32.8. The van der Waals surface area contributed by atoms with Crippen molar-refractivity contribution in [1.29, 1.82) is 0 Å². The van der Waals surface area contributed by atoms with E-state index >= 15 is 0 Å². The average Bonchev–Trinajstić information content (AvgIpc) is 3.57. The lowest BCUT2D eigenvalue weighted by Gasteiger charge is -2.61. The van der Waals surface area contributed by atoms with E-state index in [4.69, 9.17) is 0 Å². The fraction of sp³-hybridized carbons (Fsp3) is 0.172. The van der Waals surface area contributed by atoms with Crippen LogP contribution in [0.25, 0.3) is 88.0 Å². The maximum atomic E-state index is 2.66. The van der Waals surface area contributed by atoms with E-state index in [0.29, 0.717) is 0 Å². The van der Waals surface area contributed by atoms with Crippen LogP contribution in [0.2, 0.25) is 0 Å². The lowest BCUT2D eigenvalue weighted by atomic mass is 9.43. The van der Waals surface area contributed by atoms with E-state index in [0.717, 1.165) is 23.7 Å². The third-order valence-electron chi connectivity index (χ3n) is 15.3. The number of rotatable bonds is 4. The van der Waals surface area contributed by atoms with Crippen LogP contribution < -0.4 is 0 Å². The van der Waals surface area contributed by atoms with Crippen LogP contribution in [0.4, 0.5) is 0 Å². The highest BCUT2D eigenvalue weighted by molar-refractivity contribution is 6.25. The normalized spacial score (nSPS) is 22.6. The summed E-state index contributed by atoms with van der Waals surface area (Å²) in [5, 5.41) is 7.77. The molecule has 14 rings (SSSR count). The summed E-state index contributed by atoms with van der Waals surface area (Å²) in [6, 6.07) is 69.1. The molecule has 4 fully saturated rings. The molecule has 0 heteroatoms. The van der Waals surface area contributed by atoms with Gasteiger partial charge in [-0.25, -0.2) is 0 Å². The molecule has 0 atom stereocenters. The lowest BCUT2D eigenvalue weighted by Crippen LogP contribution is -2.55. The van der Waals surface area contributed by atoms with Gasteiger partial charge in [-0.1, -0.05) is 176 Å². The van der Waals surface area contributed by atoms with Crippen LogP contribution in [0.3, 0.4) is 0 Å². The summed E-state index contributed by atoms with van der Waals surface area (Å²) in [5.74, 6) is 3.38. The molecule has 0 aliphatic heterocycles. The molecule has 0 nitrogen and oxygen atoms in total. The van der Waals surface area contributed by atoms with Crippen molar-refractivity contribution < 1.29 is 0 Å². The van der Waals surface area contributed by atoms with Gasteiger partial charge in [0.05, 0.1) is 0 Å². The second-order valence-electron chi connectivity index (χ2n) is 17.9. The molecule has 0 amide bonds. The maximum Gasteiger partial charge on any atom is 0.0272 e. The summed E-state index contributed by atoms with van der Waals surface area (Å²) in [7, 11) is 0. The Morgan fingerprint density at radius 1 is 0.293 bits per heavy atom. The van der Waals surface area contributed by atoms with Gasteiger partial charge in [0.15, 0.2) is 0 Å². The number of fused-ring (bicyclic) bond motifs is 6. The lowest BCUT2D eigenvalue weighted by molar-refractivity contribution is -0.0399. The third kappa shape index (κ3) is 4.47. The Kier molecular flexibility index (Phi) is 7.00. The molecule has 0 saturated heterocycles. The van der Waals surface area contributed by atoms with E-state index in [1.807, 2.05) is 0 Å². The first-order chi connectivity index (χ1) is 28.8. The van der Waals surface area contributed by atoms with Crippen LogP contribution in [0.1, 0.15) is 43.2 Å². The van der Waals surface area contributed by atoms with Crippen molar-refractivity contribution >= 4 is 32.3 Å². The zero-order valence-electron chi connectivity index (χ0n) is 32.7. The molecule has 0 aromatic heterocycles. The molecule has 4 saturated carbocycles. The number of hydrogen-bond donors (Lipinski definition) is 0. The van der Waals surface area contributed by atoms with E-state index < -0.39 is 0 Å². The van der Waals surface area contributed by atoms with Gasteiger partial charge in [0.1, 0.15) is 0 Å². The molecule has 0 N–H and O–H groups in total. The molecular formula is C58H44. The van der Waals surface area contributed by atoms with Gasteiger partial charge in [-0.3, -0.25) is 0 Å². The Labute approximate surface area is 340 Å². The molecule has 276 valence electrons. The van der Waals surface area contributed by atoms with Gasteiger partial charge in [0.25, 0.3) is 0 Å². The summed E-state index contributed by atoms with van der Waals surface area (Å²) in [6.45, 7) is 0. The Balaban J connectivity index is 1.02. The highest BCUT2D eigenvalue weighted by Crippen LogP contribution is 2.69. The molecule has 5 aliphatic rings. The number of benzene rings is 9. The highest BCUT2D eigenvalue weighted by atomic mass is 14.6. The molecule has 5 aliphatic carbocycles. The van der Waals surface area contributed by atoms with Gasteiger partial charge in [-0.15, -0.1) is 0 Å². The van der Waals surface area contributed by atoms with Gasteiger partial charge in [-0.05, 0) is 161 Å². The molecule has 9 aromatic rings. The first-order valence-corrected chi connectivity index (χ1v) is 21.6. The molecule has 4 bridgehead atoms. The van der Waals surface area contributed by atoms with Crippen molar-refractivity contribution in [3.05, 3.63) is 193 Å². The summed E-state index contributed by atoms with van der Waals surface area (Å²) >= 11 is 0. The minimum absolute atomic E-state index is 0.157. The summed E-state index contributed by atoms with van der Waals surface area (Å²) < 4.78 is 0. The fourth-order valence-electron chi connectivity index (χ4n) is 13.4. The maximum absolute atomic E-state index is 2.66. The van der Waals surface area contributed by atoms with Crippen LogP contribution in [0.5, 0.6) is 0 Å². The van der Waals surface area contributed by atoms with E-state index in [9.17, 15) is 0 Å². The molecule has 58 heavy (non-hydrogen) atoms. The van der Waals surface area contributed by atoms with Gasteiger partial charge in [0.2, 0.25) is 0 Å². The smallest absolute Gasteiger partial charge is 0.0272 e. The van der Waals surface area contributed by atoms with E-state index in [-0.39, 0.29) is 5.41 Å². The minimum Gasteiger partial charge on any atom is -0.0622 e. The van der Waals surface area contributed by atoms with Crippen LogP contribution >= 0.6 is 0 Å². The van der Waals surface area contributed by atoms with Crippen molar-refractivity contribution in [3.8, 4) is 55.6 Å². The second kappa shape index (κ2) is 12.4. The summed E-state index contributed by atoms with van der Waals surface area (Å²) in [6.07, 6.45) is 7.09. The van der Waals surface area contributed by atoms with Crippen LogP contribution in [0, 0.1) is 23.7 Å². The van der Waals surface area contributed by atoms with E-state index in [1.54, 1.807) is 11.1 Å². The van der Waals surface area contributed by atoms with Crippen LogP contribution in [0.15, 0.2) is 182 Å². The van der Waals surface area contributed by atoms with Crippen LogP contribution in [-0.4, -0.2) is 0 Å². The van der Waals surface area contributed by atoms with E-state index in [1.165, 1.54) is 120 Å². The quantitative estimate of drug-likeness (QED) is 0.158. The van der Waals surface area contributed by atoms with Gasteiger partial charge < -0.3 is 0 Å². The molecular weight excluding hydrogens is 697 g/mol. The van der Waals surface area contributed by atoms with Crippen LogP contribution in [-0.2, 0) is 5.41 Å². The van der Waals surface area contributed by atoms with E-state index in [2.05, 4.69) is 182 Å². The monoisotopic (exact) mass is 740 g/mol. The number of hydrogen-bond acceptors (Lipinski definition) is 0. The third-order valence-corrected chi connectivity index (χ3v) is 15.3. The molecule has 9 aromatic carbocycles. The average molecular weight is 741 g/mol. The predicted octanol–water partition coefficient (Wildman–Crippen LogP) is 15.5. The molecule has 1 spiro atoms. The Morgan fingerprint density at radius 2 is 0.741 bits per heavy atom. The fourth-order valence-corrected chi connectivity index (χ4v) is 13.4. The molecule has 0 unspecified atom stereocenters. The van der Waals surface area contributed by atoms with Crippen molar-refractivity contribution in [2.24, 2.45) is 23.7 Å². The van der Waals surface area contributed by atoms with Crippen molar-refractivity contribution in [3.63, 3.8) is 0 Å². The summed E-state index contributed by atoms with van der Waals surface area (Å²) in [4.78, 5) is 0. The Bertz CT molecular complexity index is 3040. The SMILES string of the molecule is c1ccc(-c2ccccc2-c2c3ccccc3c(-c3ccc(-c4ccc5c(c4)C4(c6ccccc6-5)C5CC6CC(C5)CC4C6)c4ccccc34)c3ccccc23)cc1. The Morgan fingerprint density at radius 3 is 1.38 bits per heavy atom. The standard InChI is InChI=1S/C58H44/c1-2-14-38(15-3-1)42-16-4-7-20-48(42)56-49-21-8-10-23-51(49)57(52-24-11-9-22-50(52)56)53-29-28-43(44-17-5-6-18-45(44)53)39-26-27-47-46-19-12-13-25-54(46)58(55(47)35-39)40-31-36-30-37(33-40)34-41(58)32-36/h1-29,35-37,40-41H,30-34H2. The molecule has 0 radical (unpaired) electrons. The zero-order valence-corrected chi connectivity index (χ0v) is 32.7. The van der Waals surface area contributed by atoms with Crippen molar-refractivity contribution in [2.75, 3.05) is 0 Å². The second-order valence-corrected chi connectivity index (χ2v) is 17.9. The van der Waals surface area contributed by atoms with Crippen molar-refractivity contribution in [2.45, 2.75) is 37.5 Å². The predicted molar refractivity (Wildman–Crippen MR) is 244 cm³/mol. The minimum atomic E-state index is 0.157. The van der Waals surface area contributed by atoms with Crippen molar-refractivity contribution in [1.82, 2.24) is 0 Å². The van der Waals surface area contributed by atoms with Gasteiger partial charge in [0, 0.05) is 5.41 Å². The topological polar surface area (TPSA) is 0 Å². The largest absolute Gasteiger partial charge is 0.0622 e. The molecule has 0 heterocycles. The zero-order chi connectivity index (χ0) is 38.0.